The van der Waals surface area contributed by atoms with Gasteiger partial charge in [0.2, 0.25) is 0 Å². The molecule has 0 aliphatic heterocycles. The molecular formula is C16H11FN2. The van der Waals surface area contributed by atoms with Gasteiger partial charge >= 0.3 is 0 Å². The van der Waals surface area contributed by atoms with Crippen molar-refractivity contribution < 1.29 is 4.39 Å². The Kier molecular flexibility index (Phi) is 3.02. The Balaban J connectivity index is 1.90. The number of hydrogen-bond acceptors (Lipinski definition) is 2. The average molecular weight is 250 g/mol. The molecule has 2 nitrogen and oxygen atoms in total. The van der Waals surface area contributed by atoms with Gasteiger partial charge in [-0.2, -0.15) is 0 Å². The van der Waals surface area contributed by atoms with Crippen molar-refractivity contribution in [2.24, 2.45) is 4.99 Å². The summed E-state index contributed by atoms with van der Waals surface area (Å²) in [7, 11) is 0. The third kappa shape index (κ3) is 2.65. The minimum atomic E-state index is -0.242. The van der Waals surface area contributed by atoms with Crippen LogP contribution >= 0.6 is 0 Å². The number of benzene rings is 2. The Morgan fingerprint density at radius 1 is 1.00 bits per heavy atom. The minimum absolute atomic E-state index is 0.242. The molecule has 3 rings (SSSR count). The monoisotopic (exact) mass is 250 g/mol. The Morgan fingerprint density at radius 3 is 2.68 bits per heavy atom. The fraction of sp³-hybridized carbons (Fsp3) is 0. The van der Waals surface area contributed by atoms with Crippen LogP contribution < -0.4 is 0 Å². The molecule has 0 aliphatic rings. The largest absolute Gasteiger partial charge is 0.256 e. The molecule has 0 saturated carbocycles. The Hall–Kier alpha value is -2.55. The smallest absolute Gasteiger partial charge is 0.123 e. The first-order valence-electron chi connectivity index (χ1n) is 5.96. The van der Waals surface area contributed by atoms with Gasteiger partial charge in [-0.1, -0.05) is 18.2 Å². The predicted molar refractivity (Wildman–Crippen MR) is 75.4 cm³/mol. The molecular weight excluding hydrogens is 239 g/mol. The quantitative estimate of drug-likeness (QED) is 0.628. The van der Waals surface area contributed by atoms with Gasteiger partial charge in [0.1, 0.15) is 5.82 Å². The van der Waals surface area contributed by atoms with E-state index in [1.165, 1.54) is 12.1 Å². The summed E-state index contributed by atoms with van der Waals surface area (Å²) in [6, 6.07) is 16.0. The topological polar surface area (TPSA) is 25.2 Å². The van der Waals surface area contributed by atoms with E-state index in [0.717, 1.165) is 22.2 Å². The second-order valence-corrected chi connectivity index (χ2v) is 4.19. The fourth-order valence-corrected chi connectivity index (χ4v) is 1.84. The fourth-order valence-electron chi connectivity index (χ4n) is 1.84. The summed E-state index contributed by atoms with van der Waals surface area (Å²) < 4.78 is 12.8. The van der Waals surface area contributed by atoms with Gasteiger partial charge in [0.15, 0.2) is 0 Å². The first-order chi connectivity index (χ1) is 9.31. The summed E-state index contributed by atoms with van der Waals surface area (Å²) >= 11 is 0. The number of aliphatic imine (C=N–C) groups is 1. The van der Waals surface area contributed by atoms with Crippen LogP contribution in [0.15, 0.2) is 65.8 Å². The highest BCUT2D eigenvalue weighted by Crippen LogP contribution is 2.19. The second-order valence-electron chi connectivity index (χ2n) is 4.19. The van der Waals surface area contributed by atoms with Crippen LogP contribution in [0.3, 0.4) is 0 Å². The predicted octanol–water partition coefficient (Wildman–Crippen LogP) is 4.12. The molecule has 1 aromatic heterocycles. The van der Waals surface area contributed by atoms with Gasteiger partial charge in [-0.15, -0.1) is 0 Å². The zero-order valence-corrected chi connectivity index (χ0v) is 10.1. The number of rotatable bonds is 2. The minimum Gasteiger partial charge on any atom is -0.256 e. The Bertz CT molecular complexity index is 733. The van der Waals surface area contributed by atoms with Crippen LogP contribution in [-0.4, -0.2) is 11.2 Å². The first kappa shape index (κ1) is 11.5. The number of nitrogens with zero attached hydrogens (tertiary/aromatic N) is 2. The Morgan fingerprint density at radius 2 is 1.84 bits per heavy atom. The second kappa shape index (κ2) is 4.98. The summed E-state index contributed by atoms with van der Waals surface area (Å²) in [5.41, 5.74) is 2.67. The maximum atomic E-state index is 12.8. The van der Waals surface area contributed by atoms with E-state index in [1.54, 1.807) is 24.5 Å². The lowest BCUT2D eigenvalue weighted by Gasteiger charge is -1.98. The lowest BCUT2D eigenvalue weighted by atomic mass is 10.2. The van der Waals surface area contributed by atoms with Gasteiger partial charge in [0, 0.05) is 17.8 Å². The number of pyridine rings is 1. The maximum Gasteiger partial charge on any atom is 0.123 e. The van der Waals surface area contributed by atoms with Crippen molar-refractivity contribution >= 4 is 22.8 Å². The summed E-state index contributed by atoms with van der Waals surface area (Å²) in [6.07, 6.45) is 3.49. The molecule has 0 atom stereocenters. The molecule has 92 valence electrons. The molecule has 0 radical (unpaired) electrons. The van der Waals surface area contributed by atoms with Crippen LogP contribution in [0.25, 0.3) is 10.9 Å². The standard InChI is InChI=1S/C16H11FN2/c17-14-5-3-12(4-6-14)11-19-15-7-8-16-13(10-15)2-1-9-18-16/h1-11H. The molecule has 0 N–H and O–H groups in total. The zero-order valence-electron chi connectivity index (χ0n) is 10.1. The van der Waals surface area contributed by atoms with Gasteiger partial charge in [-0.3, -0.25) is 9.98 Å². The van der Waals surface area contributed by atoms with Gasteiger partial charge in [0.05, 0.1) is 11.2 Å². The zero-order chi connectivity index (χ0) is 13.1. The van der Waals surface area contributed by atoms with Crippen LogP contribution in [0, 0.1) is 5.82 Å². The highest BCUT2D eigenvalue weighted by Gasteiger charge is 1.95. The van der Waals surface area contributed by atoms with Crippen molar-refractivity contribution in [2.75, 3.05) is 0 Å². The molecule has 0 amide bonds. The van der Waals surface area contributed by atoms with Crippen LogP contribution in [0.1, 0.15) is 5.56 Å². The van der Waals surface area contributed by atoms with E-state index in [-0.39, 0.29) is 5.82 Å². The molecule has 2 aromatic carbocycles. The number of aromatic nitrogens is 1. The lowest BCUT2D eigenvalue weighted by molar-refractivity contribution is 0.628. The van der Waals surface area contributed by atoms with Crippen molar-refractivity contribution in [1.82, 2.24) is 4.98 Å². The van der Waals surface area contributed by atoms with E-state index < -0.39 is 0 Å². The summed E-state index contributed by atoms with van der Waals surface area (Å²) in [4.78, 5) is 8.64. The first-order valence-corrected chi connectivity index (χ1v) is 5.96. The molecule has 19 heavy (non-hydrogen) atoms. The number of fused-ring (bicyclic) bond motifs is 1. The van der Waals surface area contributed by atoms with Crippen LogP contribution in [0.2, 0.25) is 0 Å². The van der Waals surface area contributed by atoms with Gasteiger partial charge < -0.3 is 0 Å². The van der Waals surface area contributed by atoms with E-state index in [2.05, 4.69) is 9.98 Å². The van der Waals surface area contributed by atoms with E-state index in [4.69, 9.17) is 0 Å². The highest BCUT2D eigenvalue weighted by atomic mass is 19.1. The lowest BCUT2D eigenvalue weighted by Crippen LogP contribution is -1.81. The molecule has 0 spiro atoms. The van der Waals surface area contributed by atoms with Crippen molar-refractivity contribution in [3.05, 3.63) is 72.2 Å². The van der Waals surface area contributed by atoms with Gasteiger partial charge in [-0.05, 0) is 42.0 Å². The third-order valence-corrected chi connectivity index (χ3v) is 2.82. The Labute approximate surface area is 110 Å². The van der Waals surface area contributed by atoms with Gasteiger partial charge in [0.25, 0.3) is 0 Å². The number of halogens is 1. The van der Waals surface area contributed by atoms with E-state index in [1.807, 2.05) is 30.3 Å². The highest BCUT2D eigenvalue weighted by molar-refractivity contribution is 5.85. The van der Waals surface area contributed by atoms with Crippen LogP contribution in [-0.2, 0) is 0 Å². The van der Waals surface area contributed by atoms with Crippen LogP contribution in [0.4, 0.5) is 10.1 Å². The normalized spacial score (nSPS) is 11.2. The summed E-state index contributed by atoms with van der Waals surface area (Å²) in [5, 5.41) is 1.05. The van der Waals surface area contributed by atoms with E-state index in [0.29, 0.717) is 0 Å². The van der Waals surface area contributed by atoms with Gasteiger partial charge in [-0.25, -0.2) is 4.39 Å². The molecule has 1 heterocycles. The van der Waals surface area contributed by atoms with Crippen molar-refractivity contribution in [3.63, 3.8) is 0 Å². The molecule has 0 unspecified atom stereocenters. The molecule has 0 saturated heterocycles. The van der Waals surface area contributed by atoms with Crippen molar-refractivity contribution in [3.8, 4) is 0 Å². The van der Waals surface area contributed by atoms with E-state index >= 15 is 0 Å². The number of hydrogen-bond donors (Lipinski definition) is 0. The summed E-state index contributed by atoms with van der Waals surface area (Å²) in [6.45, 7) is 0. The SMILES string of the molecule is Fc1ccc(C=Nc2ccc3ncccc3c2)cc1. The molecule has 3 heteroatoms. The maximum absolute atomic E-state index is 12.8. The molecule has 0 bridgehead atoms. The van der Waals surface area contributed by atoms with E-state index in [9.17, 15) is 4.39 Å². The molecule has 0 aliphatic carbocycles. The average Bonchev–Trinajstić information content (AvgIpc) is 2.46. The third-order valence-electron chi connectivity index (χ3n) is 2.82. The van der Waals surface area contributed by atoms with Crippen molar-refractivity contribution in [2.45, 2.75) is 0 Å². The molecule has 3 aromatic rings. The van der Waals surface area contributed by atoms with Crippen molar-refractivity contribution in [1.29, 1.82) is 0 Å². The summed E-state index contributed by atoms with van der Waals surface area (Å²) in [5.74, 6) is -0.242. The van der Waals surface area contributed by atoms with Crippen LogP contribution in [0.5, 0.6) is 0 Å². The molecule has 0 fully saturated rings.